The molecule has 0 saturated heterocycles. The Balaban J connectivity index is 1.76. The fraction of sp³-hybridized carbons (Fsp3) is 0.208. The van der Waals surface area contributed by atoms with Crippen LogP contribution in [0.1, 0.15) is 23.3 Å². The van der Waals surface area contributed by atoms with Crippen molar-refractivity contribution in [2.45, 2.75) is 25.7 Å². The summed E-state index contributed by atoms with van der Waals surface area (Å²) < 4.78 is 5.31. The molecule has 134 valence electrons. The molecule has 0 bridgehead atoms. The standard InChI is InChI=1S/C24H21NOS/c1-26-18-13-11-17(12-14-18)21-15-20(16-7-3-2-4-8-16)23-19-9-5-6-10-22(19)27-24(23)25-21/h2-4,7-8,11-15H,5-6,9-10H2,1H3. The lowest BCUT2D eigenvalue weighted by Gasteiger charge is -2.13. The lowest BCUT2D eigenvalue weighted by atomic mass is 9.92. The van der Waals surface area contributed by atoms with Gasteiger partial charge in [-0.05, 0) is 72.7 Å². The number of thiophene rings is 1. The van der Waals surface area contributed by atoms with Gasteiger partial charge in [-0.15, -0.1) is 11.3 Å². The number of ether oxygens (including phenoxy) is 1. The van der Waals surface area contributed by atoms with E-state index in [0.717, 1.165) is 17.0 Å². The van der Waals surface area contributed by atoms with E-state index >= 15 is 0 Å². The van der Waals surface area contributed by atoms with Gasteiger partial charge < -0.3 is 4.74 Å². The van der Waals surface area contributed by atoms with Gasteiger partial charge in [-0.1, -0.05) is 30.3 Å². The van der Waals surface area contributed by atoms with Crippen LogP contribution in [0.15, 0.2) is 60.7 Å². The summed E-state index contributed by atoms with van der Waals surface area (Å²) in [5, 5.41) is 1.37. The molecule has 0 fully saturated rings. The van der Waals surface area contributed by atoms with E-state index in [1.165, 1.54) is 57.5 Å². The van der Waals surface area contributed by atoms with Gasteiger partial charge in [0.2, 0.25) is 0 Å². The molecule has 2 aromatic heterocycles. The van der Waals surface area contributed by atoms with Crippen LogP contribution < -0.4 is 4.74 Å². The molecule has 0 saturated carbocycles. The summed E-state index contributed by atoms with van der Waals surface area (Å²) in [4.78, 5) is 7.78. The maximum atomic E-state index is 5.31. The summed E-state index contributed by atoms with van der Waals surface area (Å²) in [5.41, 5.74) is 6.27. The fourth-order valence-corrected chi connectivity index (χ4v) is 5.30. The number of aryl methyl sites for hydroxylation is 2. The van der Waals surface area contributed by atoms with E-state index in [-0.39, 0.29) is 0 Å². The van der Waals surface area contributed by atoms with Crippen molar-refractivity contribution in [2.24, 2.45) is 0 Å². The van der Waals surface area contributed by atoms with Gasteiger partial charge in [0.1, 0.15) is 10.6 Å². The van der Waals surface area contributed by atoms with Crippen LogP contribution in [0.2, 0.25) is 0 Å². The van der Waals surface area contributed by atoms with E-state index in [1.807, 2.05) is 23.5 Å². The summed E-state index contributed by atoms with van der Waals surface area (Å²) in [6, 6.07) is 21.2. The lowest BCUT2D eigenvalue weighted by molar-refractivity contribution is 0.415. The normalized spacial score (nSPS) is 13.5. The summed E-state index contributed by atoms with van der Waals surface area (Å²) in [5.74, 6) is 0.870. The topological polar surface area (TPSA) is 22.1 Å². The molecule has 4 aromatic rings. The van der Waals surface area contributed by atoms with Gasteiger partial charge in [0, 0.05) is 15.8 Å². The molecule has 2 nitrogen and oxygen atoms in total. The van der Waals surface area contributed by atoms with Crippen LogP contribution in [0.4, 0.5) is 0 Å². The summed E-state index contributed by atoms with van der Waals surface area (Å²) in [7, 11) is 1.70. The molecule has 27 heavy (non-hydrogen) atoms. The van der Waals surface area contributed by atoms with E-state index in [1.54, 1.807) is 7.11 Å². The van der Waals surface area contributed by atoms with Crippen LogP contribution in [-0.2, 0) is 12.8 Å². The van der Waals surface area contributed by atoms with Crippen LogP contribution >= 0.6 is 11.3 Å². The van der Waals surface area contributed by atoms with E-state index in [2.05, 4.69) is 48.5 Å². The van der Waals surface area contributed by atoms with Gasteiger partial charge in [-0.25, -0.2) is 4.98 Å². The molecule has 3 heteroatoms. The minimum absolute atomic E-state index is 0.870. The highest BCUT2D eigenvalue weighted by Crippen LogP contribution is 2.42. The Morgan fingerprint density at radius 3 is 2.44 bits per heavy atom. The highest BCUT2D eigenvalue weighted by molar-refractivity contribution is 7.19. The summed E-state index contributed by atoms with van der Waals surface area (Å²) in [6.45, 7) is 0. The average Bonchev–Trinajstić information content (AvgIpc) is 3.12. The second kappa shape index (κ2) is 6.82. The number of hydrogen-bond acceptors (Lipinski definition) is 3. The summed E-state index contributed by atoms with van der Waals surface area (Å²) in [6.07, 6.45) is 4.96. The number of methoxy groups -OCH3 is 1. The van der Waals surface area contributed by atoms with Crippen molar-refractivity contribution >= 4 is 21.6 Å². The highest BCUT2D eigenvalue weighted by Gasteiger charge is 2.21. The molecule has 2 aromatic carbocycles. The molecule has 0 amide bonds. The van der Waals surface area contributed by atoms with Crippen molar-refractivity contribution in [3.8, 4) is 28.1 Å². The molecule has 0 aliphatic heterocycles. The van der Waals surface area contributed by atoms with Crippen molar-refractivity contribution in [1.82, 2.24) is 4.98 Å². The largest absolute Gasteiger partial charge is 0.497 e. The van der Waals surface area contributed by atoms with Gasteiger partial charge in [-0.3, -0.25) is 0 Å². The number of nitrogens with zero attached hydrogens (tertiary/aromatic N) is 1. The number of rotatable bonds is 3. The molecule has 0 N–H and O–H groups in total. The minimum atomic E-state index is 0.870. The Morgan fingerprint density at radius 2 is 1.67 bits per heavy atom. The zero-order valence-corrected chi connectivity index (χ0v) is 16.2. The zero-order chi connectivity index (χ0) is 18.2. The summed E-state index contributed by atoms with van der Waals surface area (Å²) >= 11 is 1.89. The second-order valence-corrected chi connectivity index (χ2v) is 8.12. The fourth-order valence-electron chi connectivity index (χ4n) is 4.01. The maximum absolute atomic E-state index is 5.31. The Hall–Kier alpha value is -2.65. The van der Waals surface area contributed by atoms with E-state index in [9.17, 15) is 0 Å². The van der Waals surface area contributed by atoms with E-state index in [4.69, 9.17) is 9.72 Å². The lowest BCUT2D eigenvalue weighted by Crippen LogP contribution is -1.98. The number of pyridine rings is 1. The first kappa shape index (κ1) is 16.5. The first-order valence-electron chi connectivity index (χ1n) is 9.48. The molecule has 0 unspecified atom stereocenters. The third-order valence-electron chi connectivity index (χ3n) is 5.40. The van der Waals surface area contributed by atoms with Crippen molar-refractivity contribution in [3.63, 3.8) is 0 Å². The Labute approximate surface area is 163 Å². The van der Waals surface area contributed by atoms with Crippen LogP contribution in [-0.4, -0.2) is 12.1 Å². The van der Waals surface area contributed by atoms with Crippen LogP contribution in [0.5, 0.6) is 5.75 Å². The van der Waals surface area contributed by atoms with Gasteiger partial charge in [0.15, 0.2) is 0 Å². The number of fused-ring (bicyclic) bond motifs is 3. The van der Waals surface area contributed by atoms with Gasteiger partial charge in [-0.2, -0.15) is 0 Å². The van der Waals surface area contributed by atoms with Crippen molar-refractivity contribution < 1.29 is 4.74 Å². The van der Waals surface area contributed by atoms with Gasteiger partial charge in [0.05, 0.1) is 12.8 Å². The quantitative estimate of drug-likeness (QED) is 0.409. The smallest absolute Gasteiger partial charge is 0.125 e. The monoisotopic (exact) mass is 371 g/mol. The Bertz CT molecular complexity index is 1100. The zero-order valence-electron chi connectivity index (χ0n) is 15.4. The van der Waals surface area contributed by atoms with Crippen molar-refractivity contribution in [1.29, 1.82) is 0 Å². The Morgan fingerprint density at radius 1 is 0.889 bits per heavy atom. The molecule has 0 atom stereocenters. The SMILES string of the molecule is COc1ccc(-c2cc(-c3ccccc3)c3c4c(sc3n2)CCCC4)cc1. The minimum Gasteiger partial charge on any atom is -0.497 e. The van der Waals surface area contributed by atoms with Crippen LogP contribution in [0, 0.1) is 0 Å². The second-order valence-electron chi connectivity index (χ2n) is 7.04. The maximum Gasteiger partial charge on any atom is 0.125 e. The molecular weight excluding hydrogens is 350 g/mol. The van der Waals surface area contributed by atoms with Crippen molar-refractivity contribution in [2.75, 3.05) is 7.11 Å². The third-order valence-corrected chi connectivity index (χ3v) is 6.58. The van der Waals surface area contributed by atoms with Gasteiger partial charge >= 0.3 is 0 Å². The Kier molecular flexibility index (Phi) is 4.17. The average molecular weight is 372 g/mol. The first-order chi connectivity index (χ1) is 13.3. The highest BCUT2D eigenvalue weighted by atomic mass is 32.1. The predicted molar refractivity (Wildman–Crippen MR) is 114 cm³/mol. The molecule has 0 spiro atoms. The number of benzene rings is 2. The van der Waals surface area contributed by atoms with E-state index in [0.29, 0.717) is 0 Å². The molecule has 1 aliphatic rings. The van der Waals surface area contributed by atoms with Gasteiger partial charge in [0.25, 0.3) is 0 Å². The molecule has 1 aliphatic carbocycles. The van der Waals surface area contributed by atoms with E-state index < -0.39 is 0 Å². The first-order valence-corrected chi connectivity index (χ1v) is 10.3. The molecular formula is C24H21NOS. The van der Waals surface area contributed by atoms with Crippen LogP contribution in [0.25, 0.3) is 32.6 Å². The predicted octanol–water partition coefficient (Wildman–Crippen LogP) is 6.52. The third kappa shape index (κ3) is 2.92. The molecule has 0 radical (unpaired) electrons. The number of aromatic nitrogens is 1. The molecule has 2 heterocycles. The van der Waals surface area contributed by atoms with Crippen LogP contribution in [0.3, 0.4) is 0 Å². The number of hydrogen-bond donors (Lipinski definition) is 0. The van der Waals surface area contributed by atoms with Crippen molar-refractivity contribution in [3.05, 3.63) is 71.1 Å². The molecule has 5 rings (SSSR count).